The summed E-state index contributed by atoms with van der Waals surface area (Å²) >= 11 is 1.95. The van der Waals surface area contributed by atoms with Crippen LogP contribution in [-0.4, -0.2) is 18.7 Å². The maximum absolute atomic E-state index is 13.1. The van der Waals surface area contributed by atoms with Gasteiger partial charge in [-0.3, -0.25) is 0 Å². The molecule has 0 saturated heterocycles. The minimum absolute atomic E-state index is 0.0787. The summed E-state index contributed by atoms with van der Waals surface area (Å²) in [5, 5.41) is 0. The Morgan fingerprint density at radius 2 is 2.19 bits per heavy atom. The van der Waals surface area contributed by atoms with Crippen molar-refractivity contribution >= 4 is 28.6 Å². The Bertz CT molecular complexity index is 382. The molecule has 3 nitrogen and oxygen atoms in total. The average molecular weight is 342 g/mol. The van der Waals surface area contributed by atoms with E-state index in [0.29, 0.717) is 0 Å². The molecule has 0 aliphatic heterocycles. The van der Waals surface area contributed by atoms with Crippen molar-refractivity contribution in [3.8, 4) is 5.75 Å². The lowest BCUT2D eigenvalue weighted by atomic mass is 10.3. The number of rotatable bonds is 4. The first kappa shape index (κ1) is 13.1. The number of carbonyl (C=O) groups is 1. The lowest BCUT2D eigenvalue weighted by Gasteiger charge is -2.15. The standard InChI is InChI=1S/C10H9F2IO3/c1-2-15-9(14)10(11,12)16-8-5-3-4-7(13)6-8/h3-6H,2H2,1H3. The largest absolute Gasteiger partial charge is 0.502 e. The zero-order valence-corrected chi connectivity index (χ0v) is 10.5. The molecule has 1 aromatic carbocycles. The SMILES string of the molecule is CCOC(=O)C(F)(F)Oc1cccc(I)c1. The monoisotopic (exact) mass is 342 g/mol. The minimum atomic E-state index is -3.96. The fourth-order valence-corrected chi connectivity index (χ4v) is 1.45. The highest BCUT2D eigenvalue weighted by atomic mass is 127. The molecule has 6 heteroatoms. The van der Waals surface area contributed by atoms with Crippen LogP contribution in [0.3, 0.4) is 0 Å². The second-order valence-corrected chi connectivity index (χ2v) is 4.04. The van der Waals surface area contributed by atoms with Crippen LogP contribution in [0.25, 0.3) is 0 Å². The Hall–Kier alpha value is -0.920. The summed E-state index contributed by atoms with van der Waals surface area (Å²) in [5.74, 6) is -1.76. The van der Waals surface area contributed by atoms with Crippen molar-refractivity contribution in [2.24, 2.45) is 0 Å². The van der Waals surface area contributed by atoms with Gasteiger partial charge in [0.2, 0.25) is 0 Å². The summed E-state index contributed by atoms with van der Waals surface area (Å²) in [6.45, 7) is 1.32. The number of benzene rings is 1. The quantitative estimate of drug-likeness (QED) is 0.624. The molecule has 88 valence electrons. The van der Waals surface area contributed by atoms with Crippen molar-refractivity contribution in [2.45, 2.75) is 13.0 Å². The van der Waals surface area contributed by atoms with Gasteiger partial charge in [0.15, 0.2) is 0 Å². The third kappa shape index (κ3) is 3.58. The van der Waals surface area contributed by atoms with E-state index < -0.39 is 12.1 Å². The molecule has 1 aromatic rings. The van der Waals surface area contributed by atoms with E-state index in [-0.39, 0.29) is 12.4 Å². The molecule has 0 unspecified atom stereocenters. The van der Waals surface area contributed by atoms with Gasteiger partial charge in [0.05, 0.1) is 6.61 Å². The Balaban J connectivity index is 2.75. The van der Waals surface area contributed by atoms with Crippen LogP contribution < -0.4 is 4.74 Å². The van der Waals surface area contributed by atoms with E-state index in [0.717, 1.165) is 3.57 Å². The van der Waals surface area contributed by atoms with E-state index in [1.54, 1.807) is 12.1 Å². The molecule has 0 heterocycles. The predicted octanol–water partition coefficient (Wildman–Crippen LogP) is 2.83. The van der Waals surface area contributed by atoms with Gasteiger partial charge in [-0.2, -0.15) is 8.78 Å². The first-order chi connectivity index (χ1) is 7.45. The topological polar surface area (TPSA) is 35.5 Å². The Labute approximate surface area is 105 Å². The van der Waals surface area contributed by atoms with Gasteiger partial charge in [0, 0.05) is 3.57 Å². The van der Waals surface area contributed by atoms with Gasteiger partial charge in [0.1, 0.15) is 5.75 Å². The van der Waals surface area contributed by atoms with E-state index in [4.69, 9.17) is 0 Å². The summed E-state index contributed by atoms with van der Waals surface area (Å²) in [6, 6.07) is 6.01. The average Bonchev–Trinajstić information content (AvgIpc) is 2.17. The first-order valence-corrected chi connectivity index (χ1v) is 5.53. The number of halogens is 3. The molecule has 0 radical (unpaired) electrons. The molecule has 0 aliphatic rings. The van der Waals surface area contributed by atoms with Crippen LogP contribution in [0, 0.1) is 3.57 Å². The van der Waals surface area contributed by atoms with Gasteiger partial charge in [-0.05, 0) is 47.7 Å². The minimum Gasteiger partial charge on any atom is -0.459 e. The summed E-state index contributed by atoms with van der Waals surface area (Å²) in [4.78, 5) is 10.9. The molecule has 0 fully saturated rings. The van der Waals surface area contributed by atoms with Gasteiger partial charge >= 0.3 is 12.1 Å². The molecular weight excluding hydrogens is 333 g/mol. The summed E-state index contributed by atoms with van der Waals surface area (Å²) in [6.07, 6.45) is -3.96. The van der Waals surface area contributed by atoms with Crippen molar-refractivity contribution in [1.82, 2.24) is 0 Å². The van der Waals surface area contributed by atoms with E-state index in [1.807, 2.05) is 22.6 Å². The fraction of sp³-hybridized carbons (Fsp3) is 0.300. The van der Waals surface area contributed by atoms with Crippen LogP contribution in [0.4, 0.5) is 8.78 Å². The van der Waals surface area contributed by atoms with E-state index in [2.05, 4.69) is 9.47 Å². The first-order valence-electron chi connectivity index (χ1n) is 4.45. The third-order valence-corrected chi connectivity index (χ3v) is 2.23. The van der Waals surface area contributed by atoms with Crippen LogP contribution >= 0.6 is 22.6 Å². The molecule has 0 amide bonds. The van der Waals surface area contributed by atoms with Crippen molar-refractivity contribution in [1.29, 1.82) is 0 Å². The second-order valence-electron chi connectivity index (χ2n) is 2.80. The van der Waals surface area contributed by atoms with Gasteiger partial charge < -0.3 is 9.47 Å². The molecule has 16 heavy (non-hydrogen) atoms. The van der Waals surface area contributed by atoms with Gasteiger partial charge in [0.25, 0.3) is 0 Å². The molecule has 0 bridgehead atoms. The van der Waals surface area contributed by atoms with Crippen LogP contribution in [0.2, 0.25) is 0 Å². The van der Waals surface area contributed by atoms with E-state index >= 15 is 0 Å². The van der Waals surface area contributed by atoms with Crippen molar-refractivity contribution in [2.75, 3.05) is 6.61 Å². The predicted molar refractivity (Wildman–Crippen MR) is 61.4 cm³/mol. The van der Waals surface area contributed by atoms with Crippen molar-refractivity contribution in [3.63, 3.8) is 0 Å². The van der Waals surface area contributed by atoms with Crippen LogP contribution in [0.5, 0.6) is 5.75 Å². The summed E-state index contributed by atoms with van der Waals surface area (Å²) in [5.41, 5.74) is 0. The molecule has 0 spiro atoms. The molecular formula is C10H9F2IO3. The zero-order chi connectivity index (χ0) is 12.2. The van der Waals surface area contributed by atoms with Gasteiger partial charge in [-0.25, -0.2) is 4.79 Å². The van der Waals surface area contributed by atoms with Crippen LogP contribution in [0.1, 0.15) is 6.92 Å². The number of carbonyl (C=O) groups excluding carboxylic acids is 1. The molecule has 0 saturated carbocycles. The lowest BCUT2D eigenvalue weighted by molar-refractivity contribution is -0.216. The fourth-order valence-electron chi connectivity index (χ4n) is 0.935. The Kier molecular flexibility index (Phi) is 4.45. The van der Waals surface area contributed by atoms with Crippen molar-refractivity contribution < 1.29 is 23.0 Å². The highest BCUT2D eigenvalue weighted by molar-refractivity contribution is 14.1. The number of hydrogen-bond acceptors (Lipinski definition) is 3. The zero-order valence-electron chi connectivity index (χ0n) is 8.38. The van der Waals surface area contributed by atoms with Crippen LogP contribution in [-0.2, 0) is 9.53 Å². The maximum atomic E-state index is 13.1. The number of ether oxygens (including phenoxy) is 2. The molecule has 0 aromatic heterocycles. The Morgan fingerprint density at radius 1 is 1.50 bits per heavy atom. The summed E-state index contributed by atoms with van der Waals surface area (Å²) < 4.78 is 35.5. The number of esters is 1. The maximum Gasteiger partial charge on any atom is 0.502 e. The molecule has 0 N–H and O–H groups in total. The third-order valence-electron chi connectivity index (χ3n) is 1.56. The van der Waals surface area contributed by atoms with Gasteiger partial charge in [-0.1, -0.05) is 6.07 Å². The molecule has 0 aliphatic carbocycles. The number of alkyl halides is 2. The van der Waals surface area contributed by atoms with E-state index in [9.17, 15) is 13.6 Å². The summed E-state index contributed by atoms with van der Waals surface area (Å²) in [7, 11) is 0. The van der Waals surface area contributed by atoms with Crippen molar-refractivity contribution in [3.05, 3.63) is 27.8 Å². The molecule has 1 rings (SSSR count). The highest BCUT2D eigenvalue weighted by Gasteiger charge is 2.44. The number of hydrogen-bond donors (Lipinski definition) is 0. The molecule has 0 atom stereocenters. The second kappa shape index (κ2) is 5.42. The highest BCUT2D eigenvalue weighted by Crippen LogP contribution is 2.24. The smallest absolute Gasteiger partial charge is 0.459 e. The normalized spacial score (nSPS) is 11.0. The van der Waals surface area contributed by atoms with E-state index in [1.165, 1.54) is 19.1 Å². The Morgan fingerprint density at radius 3 is 2.75 bits per heavy atom. The van der Waals surface area contributed by atoms with Gasteiger partial charge in [-0.15, -0.1) is 0 Å². The van der Waals surface area contributed by atoms with Crippen LogP contribution in [0.15, 0.2) is 24.3 Å². The lowest BCUT2D eigenvalue weighted by Crippen LogP contribution is -2.36.